The molecule has 0 N–H and O–H groups in total. The fourth-order valence-electron chi connectivity index (χ4n) is 9.08. The van der Waals surface area contributed by atoms with E-state index in [4.69, 9.17) is 14.2 Å². The van der Waals surface area contributed by atoms with Gasteiger partial charge in [0.1, 0.15) is 11.7 Å². The predicted molar refractivity (Wildman–Crippen MR) is 178 cm³/mol. The largest absolute Gasteiger partial charge is 0.483 e. The number of halogens is 3. The molecule has 3 aromatic carbocycles. The smallest absolute Gasteiger partial charge is 0.416 e. The SMILES string of the molecule is CC(=O)Oc1ccc2c3c1O[C@H]1[C@@H](N(C)C(=O)C=Cc4ccc(C(F)(F)F)cc4)CC[C@@]4(OC(C)=O)[C@@H](C2)N(CCc2ccccc2)CC[C@]314. The maximum Gasteiger partial charge on any atom is 0.416 e. The first-order chi connectivity index (χ1) is 23.8. The van der Waals surface area contributed by atoms with Gasteiger partial charge in [-0.3, -0.25) is 19.3 Å². The van der Waals surface area contributed by atoms with Crippen molar-refractivity contribution in [3.05, 3.63) is 101 Å². The Kier molecular flexibility index (Phi) is 8.53. The van der Waals surface area contributed by atoms with E-state index in [0.29, 0.717) is 43.5 Å². The van der Waals surface area contributed by atoms with E-state index in [-0.39, 0.29) is 17.7 Å². The molecular formula is C39H39F3N2O6. The van der Waals surface area contributed by atoms with Gasteiger partial charge in [-0.05, 0) is 79.6 Å². The van der Waals surface area contributed by atoms with Crippen molar-refractivity contribution in [3.8, 4) is 11.5 Å². The van der Waals surface area contributed by atoms with Gasteiger partial charge in [0.15, 0.2) is 11.5 Å². The Balaban J connectivity index is 1.26. The van der Waals surface area contributed by atoms with E-state index in [9.17, 15) is 27.6 Å². The summed E-state index contributed by atoms with van der Waals surface area (Å²) in [7, 11) is 1.69. The van der Waals surface area contributed by atoms with E-state index in [2.05, 4.69) is 17.0 Å². The molecule has 2 aliphatic heterocycles. The van der Waals surface area contributed by atoms with Crippen LogP contribution in [0.1, 0.15) is 60.9 Å². The average Bonchev–Trinajstić information content (AvgIpc) is 3.43. The second-order valence-electron chi connectivity index (χ2n) is 13.8. The first-order valence-corrected chi connectivity index (χ1v) is 17.0. The van der Waals surface area contributed by atoms with Crippen LogP contribution in [-0.2, 0) is 43.6 Å². The van der Waals surface area contributed by atoms with E-state index >= 15 is 0 Å². The summed E-state index contributed by atoms with van der Waals surface area (Å²) in [4.78, 5) is 43.0. The molecule has 0 aromatic heterocycles. The van der Waals surface area contributed by atoms with Crippen LogP contribution in [0.25, 0.3) is 6.08 Å². The Bertz CT molecular complexity index is 1840. The molecule has 1 amide bonds. The van der Waals surface area contributed by atoms with Crippen LogP contribution in [0.15, 0.2) is 72.8 Å². The van der Waals surface area contributed by atoms with E-state index < -0.39 is 46.8 Å². The van der Waals surface area contributed by atoms with Crippen molar-refractivity contribution in [2.75, 3.05) is 20.1 Å². The van der Waals surface area contributed by atoms with Crippen LogP contribution in [0.2, 0.25) is 0 Å². The summed E-state index contributed by atoms with van der Waals surface area (Å²) in [6.45, 7) is 4.23. The second-order valence-corrected chi connectivity index (χ2v) is 13.8. The third kappa shape index (κ3) is 5.55. The van der Waals surface area contributed by atoms with Gasteiger partial charge in [0, 0.05) is 39.1 Å². The molecule has 2 fully saturated rings. The highest BCUT2D eigenvalue weighted by Gasteiger charge is 2.75. The molecule has 2 aliphatic carbocycles. The quantitative estimate of drug-likeness (QED) is 0.160. The number of rotatable bonds is 8. The van der Waals surface area contributed by atoms with Crippen LogP contribution >= 0.6 is 0 Å². The number of benzene rings is 3. The van der Waals surface area contributed by atoms with Crippen molar-refractivity contribution in [2.24, 2.45) is 0 Å². The molecular weight excluding hydrogens is 649 g/mol. The zero-order valence-electron chi connectivity index (χ0n) is 28.2. The van der Waals surface area contributed by atoms with Crippen molar-refractivity contribution in [1.82, 2.24) is 9.80 Å². The number of hydrogen-bond acceptors (Lipinski definition) is 7. The average molecular weight is 689 g/mol. The van der Waals surface area contributed by atoms with Crippen LogP contribution in [-0.4, -0.2) is 71.6 Å². The molecule has 1 saturated heterocycles. The minimum Gasteiger partial charge on any atom is -0.483 e. The predicted octanol–water partition coefficient (Wildman–Crippen LogP) is 6.14. The summed E-state index contributed by atoms with van der Waals surface area (Å²) in [6, 6.07) is 18.0. The molecule has 2 heterocycles. The summed E-state index contributed by atoms with van der Waals surface area (Å²) in [5.74, 6) is -0.502. The van der Waals surface area contributed by atoms with Gasteiger partial charge < -0.3 is 19.1 Å². The topological polar surface area (TPSA) is 85.4 Å². The van der Waals surface area contributed by atoms with E-state index in [1.807, 2.05) is 24.3 Å². The third-order valence-corrected chi connectivity index (χ3v) is 11.1. The first-order valence-electron chi connectivity index (χ1n) is 17.0. The summed E-state index contributed by atoms with van der Waals surface area (Å²) in [5, 5.41) is 0. The van der Waals surface area contributed by atoms with Crippen LogP contribution in [0, 0.1) is 0 Å². The summed E-state index contributed by atoms with van der Waals surface area (Å²) in [6.07, 6.45) is 0.713. The molecule has 11 heteroatoms. The van der Waals surface area contributed by atoms with E-state index in [1.165, 1.54) is 43.7 Å². The van der Waals surface area contributed by atoms with Crippen molar-refractivity contribution in [3.63, 3.8) is 0 Å². The number of amides is 1. The lowest BCUT2D eigenvalue weighted by Gasteiger charge is -2.65. The number of carbonyl (C=O) groups excluding carboxylic acids is 3. The van der Waals surface area contributed by atoms with Gasteiger partial charge in [-0.2, -0.15) is 13.2 Å². The molecule has 5 atom stereocenters. The fourth-order valence-corrected chi connectivity index (χ4v) is 9.08. The lowest BCUT2D eigenvalue weighted by molar-refractivity contribution is -0.223. The molecule has 50 heavy (non-hydrogen) atoms. The molecule has 8 nitrogen and oxygen atoms in total. The minimum atomic E-state index is -4.45. The number of alkyl halides is 3. The van der Waals surface area contributed by atoms with E-state index in [1.54, 1.807) is 18.0 Å². The van der Waals surface area contributed by atoms with Gasteiger partial charge in [0.25, 0.3) is 0 Å². The van der Waals surface area contributed by atoms with Gasteiger partial charge in [0.05, 0.1) is 23.1 Å². The maximum absolute atomic E-state index is 13.7. The summed E-state index contributed by atoms with van der Waals surface area (Å²) in [5.41, 5.74) is 1.02. The van der Waals surface area contributed by atoms with Crippen LogP contribution in [0.5, 0.6) is 11.5 Å². The Hall–Kier alpha value is -4.64. The normalized spacial score (nSPS) is 26.6. The Morgan fingerprint density at radius 2 is 1.74 bits per heavy atom. The highest BCUT2D eigenvalue weighted by atomic mass is 19.4. The molecule has 0 radical (unpaired) electrons. The summed E-state index contributed by atoms with van der Waals surface area (Å²) < 4.78 is 58.3. The standard InChI is InChI=1S/C39H39F3N2O6/c1-24(45)48-31-15-12-28-23-32-38(50-25(2)46)19-17-30(43(3)33(47)16-11-27-9-13-29(14-10-27)39(40,41)42)36-37(38,34(28)35(31)49-36)20-22-44(32)21-18-26-7-5-4-6-8-26/h4-16,30,32,36H,17-23H2,1-3H3/t30-,32+,36-,37-,38+/m0/s1. The first kappa shape index (κ1) is 33.8. The molecule has 1 saturated carbocycles. The highest BCUT2D eigenvalue weighted by Crippen LogP contribution is 2.67. The Morgan fingerprint density at radius 1 is 1.00 bits per heavy atom. The molecule has 1 spiro atoms. The molecule has 2 bridgehead atoms. The number of carbonyl (C=O) groups is 3. The fraction of sp³-hybridized carbons (Fsp3) is 0.410. The highest BCUT2D eigenvalue weighted by molar-refractivity contribution is 5.92. The van der Waals surface area contributed by atoms with Crippen molar-refractivity contribution in [1.29, 1.82) is 0 Å². The number of likely N-dealkylation sites (N-methyl/N-ethyl adjacent to an activating group) is 1. The van der Waals surface area contributed by atoms with Gasteiger partial charge in [-0.1, -0.05) is 48.5 Å². The maximum atomic E-state index is 13.7. The molecule has 7 rings (SSSR count). The zero-order valence-corrected chi connectivity index (χ0v) is 28.2. The minimum absolute atomic E-state index is 0.158. The second kappa shape index (κ2) is 12.6. The van der Waals surface area contributed by atoms with Gasteiger partial charge in [-0.25, -0.2) is 0 Å². The Morgan fingerprint density at radius 3 is 2.42 bits per heavy atom. The van der Waals surface area contributed by atoms with E-state index in [0.717, 1.165) is 36.2 Å². The van der Waals surface area contributed by atoms with Crippen molar-refractivity contribution in [2.45, 2.75) is 81.3 Å². The van der Waals surface area contributed by atoms with Crippen LogP contribution in [0.4, 0.5) is 13.2 Å². The Labute approximate surface area is 288 Å². The molecule has 0 unspecified atom stereocenters. The summed E-state index contributed by atoms with van der Waals surface area (Å²) >= 11 is 0. The van der Waals surface area contributed by atoms with Crippen molar-refractivity contribution >= 4 is 23.9 Å². The lowest BCUT2D eigenvalue weighted by Crippen LogP contribution is -2.79. The number of ether oxygens (including phenoxy) is 3. The monoisotopic (exact) mass is 688 g/mol. The zero-order chi connectivity index (χ0) is 35.4. The van der Waals surface area contributed by atoms with Crippen LogP contribution < -0.4 is 9.47 Å². The van der Waals surface area contributed by atoms with Gasteiger partial charge in [-0.15, -0.1) is 0 Å². The van der Waals surface area contributed by atoms with Gasteiger partial charge >= 0.3 is 18.1 Å². The molecule has 4 aliphatic rings. The number of hydrogen-bond donors (Lipinski definition) is 0. The molecule has 262 valence electrons. The number of esters is 2. The number of likely N-dealkylation sites (tertiary alicyclic amines) is 1. The lowest BCUT2D eigenvalue weighted by atomic mass is 9.48. The molecule has 3 aromatic rings. The number of nitrogens with zero attached hydrogens (tertiary/aromatic N) is 2. The van der Waals surface area contributed by atoms with Gasteiger partial charge in [0.2, 0.25) is 5.91 Å². The van der Waals surface area contributed by atoms with Crippen molar-refractivity contribution < 1.29 is 41.8 Å². The number of piperidine rings is 1. The third-order valence-electron chi connectivity index (χ3n) is 11.1. The van der Waals surface area contributed by atoms with Crippen LogP contribution in [0.3, 0.4) is 0 Å².